The maximum Gasteiger partial charge on any atom is 0.330 e. The Morgan fingerprint density at radius 1 is 1.60 bits per heavy atom. The number of halogens is 1. The van der Waals surface area contributed by atoms with Crippen molar-refractivity contribution in [2.75, 3.05) is 6.61 Å². The topological polar surface area (TPSA) is 46.5 Å². The van der Waals surface area contributed by atoms with E-state index in [1.165, 1.54) is 12.2 Å². The number of para-hydroxylation sites is 1. The summed E-state index contributed by atoms with van der Waals surface area (Å²) in [5.74, 6) is -0.489. The predicted octanol–water partition coefficient (Wildman–Crippen LogP) is 2.62. The first kappa shape index (κ1) is 11.6. The number of hydrogen-bond acceptors (Lipinski definition) is 3. The lowest BCUT2D eigenvalue weighted by Crippen LogP contribution is -1.98. The zero-order chi connectivity index (χ0) is 11.3. The van der Waals surface area contributed by atoms with Gasteiger partial charge in [0.2, 0.25) is 0 Å². The molecule has 0 saturated carbocycles. The molecule has 1 aromatic carbocycles. The molecular formula is C11H11ClO3. The Bertz CT molecular complexity index is 385. The normalized spacial score (nSPS) is 10.5. The molecule has 0 unspecified atom stereocenters. The summed E-state index contributed by atoms with van der Waals surface area (Å²) in [6, 6.07) is 4.91. The van der Waals surface area contributed by atoms with Gasteiger partial charge in [0.15, 0.2) is 0 Å². The van der Waals surface area contributed by atoms with Crippen molar-refractivity contribution in [3.05, 3.63) is 34.9 Å². The summed E-state index contributed by atoms with van der Waals surface area (Å²) in [6.45, 7) is 2.05. The maximum absolute atomic E-state index is 11.0. The van der Waals surface area contributed by atoms with Gasteiger partial charge in [-0.15, -0.1) is 0 Å². The van der Waals surface area contributed by atoms with E-state index in [9.17, 15) is 9.90 Å². The van der Waals surface area contributed by atoms with E-state index in [1.807, 2.05) is 0 Å². The van der Waals surface area contributed by atoms with Crippen molar-refractivity contribution in [2.24, 2.45) is 0 Å². The summed E-state index contributed by atoms with van der Waals surface area (Å²) in [5, 5.41) is 9.76. The predicted molar refractivity (Wildman–Crippen MR) is 58.8 cm³/mol. The molecule has 80 valence electrons. The molecule has 0 aliphatic heterocycles. The zero-order valence-electron chi connectivity index (χ0n) is 8.24. The van der Waals surface area contributed by atoms with Crippen LogP contribution in [-0.4, -0.2) is 17.7 Å². The molecule has 0 radical (unpaired) electrons. The summed E-state index contributed by atoms with van der Waals surface area (Å²) < 4.78 is 4.69. The number of aromatic hydroxyl groups is 1. The largest absolute Gasteiger partial charge is 0.506 e. The number of esters is 1. The van der Waals surface area contributed by atoms with Gasteiger partial charge < -0.3 is 9.84 Å². The molecule has 0 spiro atoms. The van der Waals surface area contributed by atoms with Crippen molar-refractivity contribution in [3.63, 3.8) is 0 Å². The van der Waals surface area contributed by atoms with Gasteiger partial charge in [-0.3, -0.25) is 0 Å². The number of hydrogen-bond donors (Lipinski definition) is 1. The molecule has 1 rings (SSSR count). The van der Waals surface area contributed by atoms with E-state index in [-0.39, 0.29) is 10.8 Å². The lowest BCUT2D eigenvalue weighted by Gasteiger charge is -2.00. The van der Waals surface area contributed by atoms with Gasteiger partial charge in [0, 0.05) is 11.6 Å². The number of rotatable bonds is 3. The van der Waals surface area contributed by atoms with Crippen LogP contribution in [0.1, 0.15) is 12.5 Å². The molecule has 3 nitrogen and oxygen atoms in total. The van der Waals surface area contributed by atoms with Crippen LogP contribution in [0.25, 0.3) is 6.08 Å². The van der Waals surface area contributed by atoms with Crippen molar-refractivity contribution in [1.29, 1.82) is 0 Å². The van der Waals surface area contributed by atoms with Gasteiger partial charge in [-0.05, 0) is 19.1 Å². The van der Waals surface area contributed by atoms with Crippen LogP contribution < -0.4 is 0 Å². The van der Waals surface area contributed by atoms with Crippen molar-refractivity contribution in [1.82, 2.24) is 0 Å². The second-order valence-electron chi connectivity index (χ2n) is 2.76. The quantitative estimate of drug-likeness (QED) is 0.637. The van der Waals surface area contributed by atoms with Crippen molar-refractivity contribution >= 4 is 23.6 Å². The van der Waals surface area contributed by atoms with E-state index < -0.39 is 5.97 Å². The Hall–Kier alpha value is -1.48. The fourth-order valence-electron chi connectivity index (χ4n) is 1.01. The van der Waals surface area contributed by atoms with Gasteiger partial charge in [0.05, 0.1) is 11.6 Å². The first-order valence-corrected chi connectivity index (χ1v) is 4.85. The Kier molecular flexibility index (Phi) is 4.18. The Morgan fingerprint density at radius 3 is 3.00 bits per heavy atom. The third kappa shape index (κ3) is 3.29. The Morgan fingerprint density at radius 2 is 2.33 bits per heavy atom. The molecule has 0 amide bonds. The highest BCUT2D eigenvalue weighted by atomic mass is 35.5. The minimum atomic E-state index is -0.447. The Balaban J connectivity index is 2.81. The molecule has 15 heavy (non-hydrogen) atoms. The maximum atomic E-state index is 11.0. The van der Waals surface area contributed by atoms with E-state index >= 15 is 0 Å². The summed E-state index contributed by atoms with van der Waals surface area (Å²) in [7, 11) is 0. The number of carbonyl (C=O) groups is 1. The molecule has 0 heterocycles. The van der Waals surface area contributed by atoms with Crippen molar-refractivity contribution < 1.29 is 14.6 Å². The summed E-state index contributed by atoms with van der Waals surface area (Å²) >= 11 is 5.69. The van der Waals surface area contributed by atoms with Gasteiger partial charge >= 0.3 is 5.97 Å². The lowest BCUT2D eigenvalue weighted by atomic mass is 10.2. The van der Waals surface area contributed by atoms with E-state index in [2.05, 4.69) is 0 Å². The van der Waals surface area contributed by atoms with Crippen LogP contribution in [0, 0.1) is 0 Å². The number of phenols is 1. The molecule has 4 heteroatoms. The van der Waals surface area contributed by atoms with Crippen LogP contribution in [0.4, 0.5) is 0 Å². The fraction of sp³-hybridized carbons (Fsp3) is 0.182. The molecular weight excluding hydrogens is 216 g/mol. The number of carbonyl (C=O) groups excluding carboxylic acids is 1. The summed E-state index contributed by atoms with van der Waals surface area (Å²) in [5.41, 5.74) is 0.482. The molecule has 0 saturated heterocycles. The second-order valence-corrected chi connectivity index (χ2v) is 3.17. The number of ether oxygens (including phenoxy) is 1. The SMILES string of the molecule is CCOC(=O)/C=C/c1cccc(Cl)c1O. The Labute approximate surface area is 92.9 Å². The van der Waals surface area contributed by atoms with Crippen LogP contribution in [0.5, 0.6) is 5.75 Å². The highest BCUT2D eigenvalue weighted by Gasteiger charge is 2.02. The molecule has 0 aliphatic carbocycles. The van der Waals surface area contributed by atoms with E-state index in [1.54, 1.807) is 25.1 Å². The highest BCUT2D eigenvalue weighted by Crippen LogP contribution is 2.27. The molecule has 0 aromatic heterocycles. The lowest BCUT2D eigenvalue weighted by molar-refractivity contribution is -0.137. The van der Waals surface area contributed by atoms with Crippen LogP contribution >= 0.6 is 11.6 Å². The summed E-state index contributed by atoms with van der Waals surface area (Å²) in [6.07, 6.45) is 2.70. The van der Waals surface area contributed by atoms with Crippen LogP contribution in [0.2, 0.25) is 5.02 Å². The van der Waals surface area contributed by atoms with Gasteiger partial charge in [-0.2, -0.15) is 0 Å². The van der Waals surface area contributed by atoms with Gasteiger partial charge in [-0.1, -0.05) is 23.7 Å². The molecule has 1 aromatic rings. The third-order valence-electron chi connectivity index (χ3n) is 1.70. The summed E-state index contributed by atoms with van der Waals surface area (Å²) in [4.78, 5) is 11.0. The molecule has 1 N–H and O–H groups in total. The van der Waals surface area contributed by atoms with Crippen LogP contribution in [0.3, 0.4) is 0 Å². The molecule has 0 atom stereocenters. The average molecular weight is 227 g/mol. The van der Waals surface area contributed by atoms with Gasteiger partial charge in [0.25, 0.3) is 0 Å². The fourth-order valence-corrected chi connectivity index (χ4v) is 1.20. The van der Waals surface area contributed by atoms with Crippen molar-refractivity contribution in [2.45, 2.75) is 6.92 Å². The van der Waals surface area contributed by atoms with Crippen LogP contribution in [0.15, 0.2) is 24.3 Å². The highest BCUT2D eigenvalue weighted by molar-refractivity contribution is 6.32. The van der Waals surface area contributed by atoms with Gasteiger partial charge in [0.1, 0.15) is 5.75 Å². The number of phenolic OH excluding ortho intramolecular Hbond substituents is 1. The number of benzene rings is 1. The molecule has 0 aliphatic rings. The standard InChI is InChI=1S/C11H11ClO3/c1-2-15-10(13)7-6-8-4-3-5-9(12)11(8)14/h3-7,14H,2H2,1H3/b7-6+. The van der Waals surface area contributed by atoms with Crippen LogP contribution in [-0.2, 0) is 9.53 Å². The second kappa shape index (κ2) is 5.41. The van der Waals surface area contributed by atoms with Crippen molar-refractivity contribution in [3.8, 4) is 5.75 Å². The van der Waals surface area contributed by atoms with E-state index in [0.29, 0.717) is 12.2 Å². The first-order valence-electron chi connectivity index (χ1n) is 4.47. The molecule has 0 fully saturated rings. The minimum Gasteiger partial charge on any atom is -0.506 e. The molecule has 0 bridgehead atoms. The first-order chi connectivity index (χ1) is 7.15. The zero-order valence-corrected chi connectivity index (χ0v) is 8.99. The average Bonchev–Trinajstić information content (AvgIpc) is 2.21. The van der Waals surface area contributed by atoms with Gasteiger partial charge in [-0.25, -0.2) is 4.79 Å². The minimum absolute atomic E-state index is 0.0419. The smallest absolute Gasteiger partial charge is 0.330 e. The van der Waals surface area contributed by atoms with E-state index in [0.717, 1.165) is 0 Å². The third-order valence-corrected chi connectivity index (χ3v) is 2.01. The van der Waals surface area contributed by atoms with E-state index in [4.69, 9.17) is 16.3 Å². The monoisotopic (exact) mass is 226 g/mol.